The largest absolute Gasteiger partial charge is 0.355 e. The second-order valence-corrected chi connectivity index (χ2v) is 6.13. The van der Waals surface area contributed by atoms with Gasteiger partial charge >= 0.3 is 0 Å². The van der Waals surface area contributed by atoms with E-state index in [9.17, 15) is 9.18 Å². The molecule has 2 aromatic heterocycles. The van der Waals surface area contributed by atoms with Crippen molar-refractivity contribution in [3.05, 3.63) is 70.3 Å². The second-order valence-electron chi connectivity index (χ2n) is 5.22. The van der Waals surface area contributed by atoms with Crippen LogP contribution >= 0.6 is 15.9 Å². The first kappa shape index (κ1) is 16.3. The van der Waals surface area contributed by atoms with E-state index in [2.05, 4.69) is 26.1 Å². The summed E-state index contributed by atoms with van der Waals surface area (Å²) in [6, 6.07) is 9.73. The molecule has 0 atom stereocenters. The van der Waals surface area contributed by atoms with E-state index in [0.717, 1.165) is 10.0 Å². The molecular weight excluding hydrogens is 377 g/mol. The summed E-state index contributed by atoms with van der Waals surface area (Å²) in [6.45, 7) is 0.124. The zero-order valence-corrected chi connectivity index (χ0v) is 14.3. The molecule has 0 radical (unpaired) electrons. The average Bonchev–Trinajstić information content (AvgIpc) is 3.08. The number of pyridine rings is 1. The molecule has 0 saturated carbocycles. The summed E-state index contributed by atoms with van der Waals surface area (Å²) >= 11 is 3.29. The third-order valence-electron chi connectivity index (χ3n) is 3.44. The van der Waals surface area contributed by atoms with Crippen molar-refractivity contribution in [3.8, 4) is 11.3 Å². The Balaban J connectivity index is 1.77. The summed E-state index contributed by atoms with van der Waals surface area (Å²) in [5.74, 6) is -0.268. The summed E-state index contributed by atoms with van der Waals surface area (Å²) in [5, 5.41) is 3.80. The molecule has 0 bridgehead atoms. The van der Waals surface area contributed by atoms with Gasteiger partial charge in [0.25, 0.3) is 5.91 Å². The highest BCUT2D eigenvalue weighted by Gasteiger charge is 2.19. The maximum absolute atomic E-state index is 13.8. The number of aromatic nitrogens is 2. The van der Waals surface area contributed by atoms with Crippen molar-refractivity contribution in [1.82, 2.24) is 15.0 Å². The van der Waals surface area contributed by atoms with Crippen LogP contribution in [0.15, 0.2) is 57.8 Å². The summed E-state index contributed by atoms with van der Waals surface area (Å²) in [5.41, 5.74) is 1.30. The van der Waals surface area contributed by atoms with E-state index >= 15 is 0 Å². The molecule has 0 aliphatic rings. The number of amides is 1. The fourth-order valence-electron chi connectivity index (χ4n) is 2.21. The maximum Gasteiger partial charge on any atom is 0.276 e. The van der Waals surface area contributed by atoms with E-state index < -0.39 is 0 Å². The van der Waals surface area contributed by atoms with Gasteiger partial charge in [-0.25, -0.2) is 4.39 Å². The third kappa shape index (κ3) is 3.51. The maximum atomic E-state index is 13.8. The van der Waals surface area contributed by atoms with Gasteiger partial charge in [-0.2, -0.15) is 0 Å². The predicted molar refractivity (Wildman–Crippen MR) is 89.6 cm³/mol. The fourth-order valence-corrected chi connectivity index (χ4v) is 2.62. The molecule has 0 N–H and O–H groups in total. The third-order valence-corrected chi connectivity index (χ3v) is 3.93. The molecule has 0 spiro atoms. The lowest BCUT2D eigenvalue weighted by atomic mass is 10.2. The van der Waals surface area contributed by atoms with Crippen LogP contribution in [-0.2, 0) is 6.54 Å². The molecular formula is C17H13BrFN3O2. The van der Waals surface area contributed by atoms with Crippen molar-refractivity contribution in [2.45, 2.75) is 6.54 Å². The molecule has 0 unspecified atom stereocenters. The summed E-state index contributed by atoms with van der Waals surface area (Å²) in [7, 11) is 1.58. The van der Waals surface area contributed by atoms with Crippen LogP contribution < -0.4 is 0 Å². The molecule has 5 nitrogen and oxygen atoms in total. The molecule has 0 fully saturated rings. The molecule has 122 valence electrons. The first-order valence-corrected chi connectivity index (χ1v) is 7.90. The molecule has 0 aliphatic carbocycles. The van der Waals surface area contributed by atoms with E-state index in [-0.39, 0.29) is 24.0 Å². The Morgan fingerprint density at radius 1 is 1.33 bits per heavy atom. The molecule has 3 rings (SSSR count). The van der Waals surface area contributed by atoms with Gasteiger partial charge < -0.3 is 9.42 Å². The highest BCUT2D eigenvalue weighted by atomic mass is 79.9. The number of hydrogen-bond acceptors (Lipinski definition) is 4. The van der Waals surface area contributed by atoms with Gasteiger partial charge in [-0.1, -0.05) is 21.1 Å². The molecule has 0 saturated heterocycles. The zero-order chi connectivity index (χ0) is 17.1. The van der Waals surface area contributed by atoms with Crippen molar-refractivity contribution < 1.29 is 13.7 Å². The highest BCUT2D eigenvalue weighted by Crippen LogP contribution is 2.21. The number of rotatable bonds is 4. The average molecular weight is 390 g/mol. The van der Waals surface area contributed by atoms with Gasteiger partial charge in [-0.15, -0.1) is 0 Å². The van der Waals surface area contributed by atoms with Crippen LogP contribution in [0.5, 0.6) is 0 Å². The lowest BCUT2D eigenvalue weighted by Crippen LogP contribution is -2.26. The van der Waals surface area contributed by atoms with E-state index in [4.69, 9.17) is 4.52 Å². The second kappa shape index (κ2) is 6.92. The molecule has 0 aliphatic heterocycles. The Labute approximate surface area is 146 Å². The van der Waals surface area contributed by atoms with Crippen LogP contribution in [0.1, 0.15) is 16.1 Å². The van der Waals surface area contributed by atoms with E-state index in [1.165, 1.54) is 11.0 Å². The Kier molecular flexibility index (Phi) is 4.71. The van der Waals surface area contributed by atoms with Gasteiger partial charge in [0.2, 0.25) is 0 Å². The number of benzene rings is 1. The SMILES string of the molecule is CN(Cc1cc(Br)ccc1F)C(=O)c1cc(-c2cccnc2)on1. The Hall–Kier alpha value is -2.54. The van der Waals surface area contributed by atoms with Crippen LogP contribution in [-0.4, -0.2) is 28.0 Å². The van der Waals surface area contributed by atoms with Crippen molar-refractivity contribution in [1.29, 1.82) is 0 Å². The van der Waals surface area contributed by atoms with Crippen LogP contribution in [0.2, 0.25) is 0 Å². The van der Waals surface area contributed by atoms with Crippen molar-refractivity contribution in [3.63, 3.8) is 0 Å². The zero-order valence-electron chi connectivity index (χ0n) is 12.7. The van der Waals surface area contributed by atoms with Gasteiger partial charge in [-0.3, -0.25) is 9.78 Å². The number of nitrogens with zero attached hydrogens (tertiary/aromatic N) is 3. The van der Waals surface area contributed by atoms with Crippen LogP contribution in [0.3, 0.4) is 0 Å². The lowest BCUT2D eigenvalue weighted by molar-refractivity contribution is 0.0773. The quantitative estimate of drug-likeness (QED) is 0.678. The first-order valence-electron chi connectivity index (χ1n) is 7.11. The molecule has 7 heteroatoms. The molecule has 2 heterocycles. The first-order chi connectivity index (χ1) is 11.5. The van der Waals surface area contributed by atoms with Crippen molar-refractivity contribution in [2.24, 2.45) is 0 Å². The minimum Gasteiger partial charge on any atom is -0.355 e. The number of carbonyl (C=O) groups excluding carboxylic acids is 1. The van der Waals surface area contributed by atoms with E-state index in [1.54, 1.807) is 43.7 Å². The van der Waals surface area contributed by atoms with Gasteiger partial charge in [0, 0.05) is 47.7 Å². The van der Waals surface area contributed by atoms with Gasteiger partial charge in [0.1, 0.15) is 5.82 Å². The number of hydrogen-bond donors (Lipinski definition) is 0. The normalized spacial score (nSPS) is 10.6. The number of halogens is 2. The van der Waals surface area contributed by atoms with Gasteiger partial charge in [0.15, 0.2) is 11.5 Å². The standard InChI is InChI=1S/C17H13BrFN3O2/c1-22(10-12-7-13(18)4-5-14(12)19)17(23)15-8-16(24-21-15)11-3-2-6-20-9-11/h2-9H,10H2,1H3. The molecule has 3 aromatic rings. The minimum absolute atomic E-state index is 0.124. The molecule has 1 amide bonds. The summed E-state index contributed by atoms with van der Waals surface area (Å²) in [6.07, 6.45) is 3.27. The van der Waals surface area contributed by atoms with Crippen LogP contribution in [0.25, 0.3) is 11.3 Å². The highest BCUT2D eigenvalue weighted by molar-refractivity contribution is 9.10. The van der Waals surface area contributed by atoms with Crippen molar-refractivity contribution in [2.75, 3.05) is 7.05 Å². The summed E-state index contributed by atoms with van der Waals surface area (Å²) < 4.78 is 19.8. The molecule has 24 heavy (non-hydrogen) atoms. The smallest absolute Gasteiger partial charge is 0.276 e. The van der Waals surface area contributed by atoms with Crippen LogP contribution in [0.4, 0.5) is 4.39 Å². The Morgan fingerprint density at radius 2 is 2.17 bits per heavy atom. The molecule has 1 aromatic carbocycles. The van der Waals surface area contributed by atoms with E-state index in [0.29, 0.717) is 11.3 Å². The minimum atomic E-state index is -0.367. The fraction of sp³-hybridized carbons (Fsp3) is 0.118. The Bertz CT molecular complexity index is 867. The lowest BCUT2D eigenvalue weighted by Gasteiger charge is -2.16. The van der Waals surface area contributed by atoms with E-state index in [1.807, 2.05) is 6.07 Å². The topological polar surface area (TPSA) is 59.2 Å². The van der Waals surface area contributed by atoms with Gasteiger partial charge in [0.05, 0.1) is 0 Å². The number of carbonyl (C=O) groups is 1. The predicted octanol–water partition coefficient (Wildman–Crippen LogP) is 3.91. The summed E-state index contributed by atoms with van der Waals surface area (Å²) in [4.78, 5) is 17.8. The van der Waals surface area contributed by atoms with Crippen LogP contribution in [0, 0.1) is 5.82 Å². The monoisotopic (exact) mass is 389 g/mol. The Morgan fingerprint density at radius 3 is 2.92 bits per heavy atom. The van der Waals surface area contributed by atoms with Crippen molar-refractivity contribution >= 4 is 21.8 Å². The van der Waals surface area contributed by atoms with Gasteiger partial charge in [-0.05, 0) is 30.3 Å².